The van der Waals surface area contributed by atoms with E-state index in [0.717, 1.165) is 39.6 Å². The molecular weight excluding hydrogens is 574 g/mol. The van der Waals surface area contributed by atoms with Crippen molar-refractivity contribution in [2.24, 2.45) is 0 Å². The summed E-state index contributed by atoms with van der Waals surface area (Å²) in [5.41, 5.74) is 15.0. The lowest BCUT2D eigenvalue weighted by Crippen LogP contribution is -2.17. The molecule has 0 saturated carbocycles. The Morgan fingerprint density at radius 2 is 1.32 bits per heavy atom. The molecule has 0 heterocycles. The molecule has 0 saturated heterocycles. The molecule has 1 aliphatic carbocycles. The Kier molecular flexibility index (Phi) is 7.77. The average molecular weight is 614 g/mol. The first kappa shape index (κ1) is 30.3. The molecule has 3 heteroatoms. The van der Waals surface area contributed by atoms with E-state index >= 15 is 0 Å². The first-order valence-electron chi connectivity index (χ1n) is 16.2. The molecule has 0 amide bonds. The van der Waals surface area contributed by atoms with Gasteiger partial charge >= 0.3 is 0 Å². The normalized spacial score (nSPS) is 13.0. The Morgan fingerprint density at radius 3 is 2.04 bits per heavy atom. The van der Waals surface area contributed by atoms with Crippen LogP contribution in [-0.2, 0) is 16.8 Å². The van der Waals surface area contributed by atoms with Crippen molar-refractivity contribution < 1.29 is 9.53 Å². The van der Waals surface area contributed by atoms with Gasteiger partial charge in [0.1, 0.15) is 12.9 Å². The summed E-state index contributed by atoms with van der Waals surface area (Å²) in [6, 6.07) is 40.9. The zero-order valence-corrected chi connectivity index (χ0v) is 27.7. The number of hydrogen-bond acceptors (Lipinski definition) is 3. The Hall–Kier alpha value is -5.41. The molecule has 6 aromatic carbocycles. The highest BCUT2D eigenvalue weighted by Crippen LogP contribution is 2.51. The van der Waals surface area contributed by atoms with Crippen molar-refractivity contribution in [3.05, 3.63) is 166 Å². The van der Waals surface area contributed by atoms with E-state index in [1.165, 1.54) is 44.6 Å². The fourth-order valence-corrected chi connectivity index (χ4v) is 7.30. The van der Waals surface area contributed by atoms with Gasteiger partial charge in [-0.2, -0.15) is 0 Å². The molecular formula is C44H39NO2. The highest BCUT2D eigenvalue weighted by Gasteiger charge is 2.35. The molecule has 0 bridgehead atoms. The zero-order chi connectivity index (χ0) is 32.7. The molecule has 232 valence electrons. The van der Waals surface area contributed by atoms with Crippen LogP contribution in [0.2, 0.25) is 0 Å². The smallest absolute Gasteiger partial charge is 0.150 e. The zero-order valence-electron chi connectivity index (χ0n) is 27.7. The van der Waals surface area contributed by atoms with Crippen molar-refractivity contribution >= 4 is 40.2 Å². The van der Waals surface area contributed by atoms with Crippen LogP contribution < -0.4 is 4.90 Å². The summed E-state index contributed by atoms with van der Waals surface area (Å²) in [5, 5.41) is 2.14. The maximum Gasteiger partial charge on any atom is 0.150 e. The van der Waals surface area contributed by atoms with Crippen molar-refractivity contribution in [2.75, 3.05) is 4.90 Å². The largest absolute Gasteiger partial charge is 0.496 e. The van der Waals surface area contributed by atoms with E-state index < -0.39 is 0 Å². The summed E-state index contributed by atoms with van der Waals surface area (Å²) in [6.45, 7) is 11.6. The van der Waals surface area contributed by atoms with Crippen molar-refractivity contribution in [3.8, 4) is 11.1 Å². The third-order valence-corrected chi connectivity index (χ3v) is 9.57. The molecule has 3 nitrogen and oxygen atoms in total. The number of fused-ring (bicyclic) bond motifs is 4. The molecule has 0 radical (unpaired) electrons. The minimum Gasteiger partial charge on any atom is -0.496 e. The van der Waals surface area contributed by atoms with Crippen LogP contribution in [0, 0.1) is 20.8 Å². The number of carbonyl (C=O) groups excluding carboxylic acids is 1. The van der Waals surface area contributed by atoms with Crippen molar-refractivity contribution in [2.45, 2.75) is 46.6 Å². The molecule has 0 unspecified atom stereocenters. The number of hydrogen-bond donors (Lipinski definition) is 0. The molecule has 0 atom stereocenters. The van der Waals surface area contributed by atoms with E-state index in [4.69, 9.17) is 4.74 Å². The second-order valence-corrected chi connectivity index (χ2v) is 13.2. The van der Waals surface area contributed by atoms with Gasteiger partial charge in [-0.05, 0) is 113 Å². The van der Waals surface area contributed by atoms with Crippen molar-refractivity contribution in [1.29, 1.82) is 0 Å². The Morgan fingerprint density at radius 1 is 0.681 bits per heavy atom. The predicted octanol–water partition coefficient (Wildman–Crippen LogP) is 11.5. The topological polar surface area (TPSA) is 29.5 Å². The number of rotatable bonds is 8. The van der Waals surface area contributed by atoms with Crippen molar-refractivity contribution in [3.63, 3.8) is 0 Å². The van der Waals surface area contributed by atoms with Gasteiger partial charge in [-0.15, -0.1) is 0 Å². The summed E-state index contributed by atoms with van der Waals surface area (Å²) in [4.78, 5) is 14.1. The number of aryl methyl sites for hydroxylation is 3. The standard InChI is InChI=1S/C44H39NO2/c1-29-22-30(2)43(31(3)23-29)45(38-18-19-40-39-12-8-9-13-41(39)44(4,5)42(40)26-38)37-16-14-32(15-17-37)20-21-47-28-36-25-34-11-7-6-10-33(34)24-35(36)27-46/h6-27H,28H2,1-5H3/b21-20-. The van der Waals surface area contributed by atoms with Crippen LogP contribution >= 0.6 is 0 Å². The molecule has 0 aliphatic heterocycles. The Balaban J connectivity index is 1.19. The van der Waals surface area contributed by atoms with E-state index in [1.54, 1.807) is 6.26 Å². The van der Waals surface area contributed by atoms with E-state index in [9.17, 15) is 4.79 Å². The first-order valence-corrected chi connectivity index (χ1v) is 16.2. The number of anilines is 3. The van der Waals surface area contributed by atoms with Crippen molar-refractivity contribution in [1.82, 2.24) is 0 Å². The van der Waals surface area contributed by atoms with Crippen LogP contribution in [0.25, 0.3) is 28.0 Å². The second kappa shape index (κ2) is 12.1. The SMILES string of the molecule is Cc1cc(C)c(N(c2ccc(/C=C\OCc3cc4ccccc4cc3C=O)cc2)c2ccc3c(c2)C(C)(C)c2ccccc2-3)c(C)c1. The van der Waals surface area contributed by atoms with Gasteiger partial charge in [0.15, 0.2) is 0 Å². The number of nitrogens with zero attached hydrogens (tertiary/aromatic N) is 1. The number of ether oxygens (including phenoxy) is 1. The van der Waals surface area contributed by atoms with Gasteiger partial charge < -0.3 is 9.64 Å². The van der Waals surface area contributed by atoms with Crippen LogP contribution in [0.4, 0.5) is 17.1 Å². The Labute approximate surface area is 277 Å². The number of carbonyl (C=O) groups is 1. The predicted molar refractivity (Wildman–Crippen MR) is 196 cm³/mol. The molecule has 1 aliphatic rings. The first-order chi connectivity index (χ1) is 22.7. The maximum absolute atomic E-state index is 11.7. The quantitative estimate of drug-likeness (QED) is 0.126. The molecule has 7 rings (SSSR count). The van der Waals surface area contributed by atoms with Crippen LogP contribution in [0.3, 0.4) is 0 Å². The lowest BCUT2D eigenvalue weighted by Gasteiger charge is -2.30. The monoisotopic (exact) mass is 613 g/mol. The fourth-order valence-electron chi connectivity index (χ4n) is 7.30. The fraction of sp³-hybridized carbons (Fsp3) is 0.159. The van der Waals surface area contributed by atoms with Gasteiger partial charge in [0, 0.05) is 27.9 Å². The summed E-state index contributed by atoms with van der Waals surface area (Å²) < 4.78 is 5.91. The average Bonchev–Trinajstić information content (AvgIpc) is 3.30. The number of aldehydes is 1. The molecule has 47 heavy (non-hydrogen) atoms. The van der Waals surface area contributed by atoms with Gasteiger partial charge in [-0.3, -0.25) is 4.79 Å². The maximum atomic E-state index is 11.7. The van der Waals surface area contributed by atoms with Gasteiger partial charge in [-0.25, -0.2) is 0 Å². The molecule has 0 aromatic heterocycles. The summed E-state index contributed by atoms with van der Waals surface area (Å²) >= 11 is 0. The van der Waals surface area contributed by atoms with Crippen LogP contribution in [0.15, 0.2) is 122 Å². The summed E-state index contributed by atoms with van der Waals surface area (Å²) in [6.07, 6.45) is 4.58. The molecule has 6 aromatic rings. The van der Waals surface area contributed by atoms with Crippen LogP contribution in [0.1, 0.15) is 63.1 Å². The van der Waals surface area contributed by atoms with Gasteiger partial charge in [0.25, 0.3) is 0 Å². The van der Waals surface area contributed by atoms with Gasteiger partial charge in [0.05, 0.1) is 11.9 Å². The van der Waals surface area contributed by atoms with Gasteiger partial charge in [0.2, 0.25) is 0 Å². The minimum atomic E-state index is -0.0844. The highest BCUT2D eigenvalue weighted by atomic mass is 16.5. The Bertz CT molecular complexity index is 2150. The minimum absolute atomic E-state index is 0.0844. The lowest BCUT2D eigenvalue weighted by atomic mass is 9.82. The lowest BCUT2D eigenvalue weighted by molar-refractivity contribution is 0.112. The number of benzene rings is 6. The van der Waals surface area contributed by atoms with Crippen LogP contribution in [-0.4, -0.2) is 6.29 Å². The summed E-state index contributed by atoms with van der Waals surface area (Å²) in [7, 11) is 0. The molecule has 0 N–H and O–H groups in total. The third-order valence-electron chi connectivity index (χ3n) is 9.57. The molecule has 0 spiro atoms. The van der Waals surface area contributed by atoms with E-state index in [-0.39, 0.29) is 5.41 Å². The van der Waals surface area contributed by atoms with Crippen LogP contribution in [0.5, 0.6) is 0 Å². The second-order valence-electron chi connectivity index (χ2n) is 13.2. The van der Waals surface area contributed by atoms with E-state index in [2.05, 4.69) is 124 Å². The van der Waals surface area contributed by atoms with E-state index in [1.807, 2.05) is 36.4 Å². The van der Waals surface area contributed by atoms with E-state index in [0.29, 0.717) is 12.2 Å². The van der Waals surface area contributed by atoms with Gasteiger partial charge in [-0.1, -0.05) is 98.3 Å². The summed E-state index contributed by atoms with van der Waals surface area (Å²) in [5.74, 6) is 0. The highest BCUT2D eigenvalue weighted by molar-refractivity contribution is 5.91. The third kappa shape index (κ3) is 5.53. The molecule has 0 fully saturated rings.